The quantitative estimate of drug-likeness (QED) is 0.674. The molecule has 0 atom stereocenters. The fourth-order valence-corrected chi connectivity index (χ4v) is 3.47. The fourth-order valence-electron chi connectivity index (χ4n) is 2.47. The standard InChI is InChI=1S/C19H22N4OS/c1-13(2)8-9-20-17(24)11-21-18-15-10-16(14-6-4-3-5-7-14)25-19(15)23-12-22-18/h3-7,10,12-13H,8-9,11H2,1-2H3,(H,20,24)(H,21,22,23). The maximum absolute atomic E-state index is 11.9. The number of nitrogens with one attached hydrogen (secondary N) is 2. The van der Waals surface area contributed by atoms with E-state index in [1.807, 2.05) is 18.2 Å². The number of hydrogen-bond acceptors (Lipinski definition) is 5. The minimum Gasteiger partial charge on any atom is -0.360 e. The van der Waals surface area contributed by atoms with E-state index >= 15 is 0 Å². The van der Waals surface area contributed by atoms with Gasteiger partial charge in [0.05, 0.1) is 11.9 Å². The van der Waals surface area contributed by atoms with Crippen molar-refractivity contribution in [3.05, 3.63) is 42.7 Å². The van der Waals surface area contributed by atoms with Crippen LogP contribution >= 0.6 is 11.3 Å². The maximum atomic E-state index is 11.9. The minimum absolute atomic E-state index is 0.0223. The van der Waals surface area contributed by atoms with E-state index in [1.54, 1.807) is 11.3 Å². The van der Waals surface area contributed by atoms with Crippen molar-refractivity contribution in [1.82, 2.24) is 15.3 Å². The zero-order valence-electron chi connectivity index (χ0n) is 14.5. The number of carbonyl (C=O) groups excluding carboxylic acids is 1. The summed E-state index contributed by atoms with van der Waals surface area (Å²) >= 11 is 1.62. The largest absolute Gasteiger partial charge is 0.360 e. The van der Waals surface area contributed by atoms with E-state index in [9.17, 15) is 4.79 Å². The van der Waals surface area contributed by atoms with Crippen LogP contribution in [0.2, 0.25) is 0 Å². The summed E-state index contributed by atoms with van der Waals surface area (Å²) in [6.45, 7) is 5.19. The van der Waals surface area contributed by atoms with Crippen molar-refractivity contribution < 1.29 is 4.79 Å². The molecule has 0 radical (unpaired) electrons. The molecule has 0 fully saturated rings. The van der Waals surface area contributed by atoms with Gasteiger partial charge in [0.2, 0.25) is 5.91 Å². The molecule has 6 heteroatoms. The first-order chi connectivity index (χ1) is 12.1. The first-order valence-corrected chi connectivity index (χ1v) is 9.25. The zero-order chi connectivity index (χ0) is 17.6. The molecular weight excluding hydrogens is 332 g/mol. The van der Waals surface area contributed by atoms with Crippen LogP contribution in [0, 0.1) is 5.92 Å². The first kappa shape index (κ1) is 17.4. The van der Waals surface area contributed by atoms with Gasteiger partial charge < -0.3 is 10.6 Å². The number of benzene rings is 1. The number of carbonyl (C=O) groups is 1. The number of amides is 1. The lowest BCUT2D eigenvalue weighted by atomic mass is 10.1. The van der Waals surface area contributed by atoms with Crippen molar-refractivity contribution in [3.63, 3.8) is 0 Å². The Balaban J connectivity index is 1.70. The zero-order valence-corrected chi connectivity index (χ0v) is 15.3. The SMILES string of the molecule is CC(C)CCNC(=O)CNc1ncnc2sc(-c3ccccc3)cc12. The van der Waals surface area contributed by atoms with Gasteiger partial charge >= 0.3 is 0 Å². The number of thiophene rings is 1. The molecule has 130 valence electrons. The molecule has 0 aliphatic carbocycles. The van der Waals surface area contributed by atoms with E-state index in [2.05, 4.69) is 52.6 Å². The van der Waals surface area contributed by atoms with Crippen LogP contribution in [0.4, 0.5) is 5.82 Å². The molecule has 0 spiro atoms. The monoisotopic (exact) mass is 354 g/mol. The van der Waals surface area contributed by atoms with Crippen LogP contribution in [-0.4, -0.2) is 29.0 Å². The van der Waals surface area contributed by atoms with Crippen molar-refractivity contribution in [2.24, 2.45) is 5.92 Å². The number of nitrogens with zero attached hydrogens (tertiary/aromatic N) is 2. The summed E-state index contributed by atoms with van der Waals surface area (Å²) in [6, 6.07) is 12.3. The number of anilines is 1. The molecule has 0 aliphatic rings. The van der Waals surface area contributed by atoms with Gasteiger partial charge in [-0.05, 0) is 24.0 Å². The molecule has 2 aromatic heterocycles. The van der Waals surface area contributed by atoms with E-state index < -0.39 is 0 Å². The highest BCUT2D eigenvalue weighted by Crippen LogP contribution is 2.34. The van der Waals surface area contributed by atoms with Crippen LogP contribution in [0.5, 0.6) is 0 Å². The summed E-state index contributed by atoms with van der Waals surface area (Å²) in [5.41, 5.74) is 1.16. The Morgan fingerprint density at radius 3 is 2.76 bits per heavy atom. The fraction of sp³-hybridized carbons (Fsp3) is 0.316. The molecule has 2 heterocycles. The van der Waals surface area contributed by atoms with Crippen molar-refractivity contribution in [2.45, 2.75) is 20.3 Å². The molecule has 5 nitrogen and oxygen atoms in total. The van der Waals surface area contributed by atoms with E-state index in [0.717, 1.165) is 27.1 Å². The second kappa shape index (κ2) is 8.07. The summed E-state index contributed by atoms with van der Waals surface area (Å²) in [4.78, 5) is 22.6. The van der Waals surface area contributed by atoms with Gasteiger partial charge in [-0.2, -0.15) is 0 Å². The Morgan fingerprint density at radius 1 is 1.20 bits per heavy atom. The minimum atomic E-state index is -0.0223. The molecule has 3 aromatic rings. The van der Waals surface area contributed by atoms with Crippen LogP contribution in [0.1, 0.15) is 20.3 Å². The van der Waals surface area contributed by atoms with Gasteiger partial charge in [-0.25, -0.2) is 9.97 Å². The molecule has 0 aliphatic heterocycles. The highest BCUT2D eigenvalue weighted by molar-refractivity contribution is 7.21. The Morgan fingerprint density at radius 2 is 2.00 bits per heavy atom. The molecule has 1 amide bonds. The van der Waals surface area contributed by atoms with Gasteiger partial charge in [0.25, 0.3) is 0 Å². The van der Waals surface area contributed by atoms with E-state index in [1.165, 1.54) is 6.33 Å². The third-order valence-corrected chi connectivity index (χ3v) is 4.94. The summed E-state index contributed by atoms with van der Waals surface area (Å²) in [5, 5.41) is 7.00. The third-order valence-electron chi connectivity index (χ3n) is 3.85. The molecule has 0 unspecified atom stereocenters. The summed E-state index contributed by atoms with van der Waals surface area (Å²) in [6.07, 6.45) is 2.51. The molecule has 25 heavy (non-hydrogen) atoms. The second-order valence-electron chi connectivity index (χ2n) is 6.30. The van der Waals surface area contributed by atoms with Crippen molar-refractivity contribution in [2.75, 3.05) is 18.4 Å². The average Bonchev–Trinajstić information content (AvgIpc) is 3.05. The first-order valence-electron chi connectivity index (χ1n) is 8.44. The van der Waals surface area contributed by atoms with Crippen LogP contribution < -0.4 is 10.6 Å². The van der Waals surface area contributed by atoms with Crippen LogP contribution in [0.25, 0.3) is 20.7 Å². The lowest BCUT2D eigenvalue weighted by molar-refractivity contribution is -0.119. The molecule has 0 saturated carbocycles. The highest BCUT2D eigenvalue weighted by atomic mass is 32.1. The second-order valence-corrected chi connectivity index (χ2v) is 7.33. The van der Waals surface area contributed by atoms with Crippen LogP contribution in [0.3, 0.4) is 0 Å². The summed E-state index contributed by atoms with van der Waals surface area (Å²) in [5.74, 6) is 1.25. The van der Waals surface area contributed by atoms with Gasteiger partial charge in [-0.15, -0.1) is 11.3 Å². The average molecular weight is 354 g/mol. The number of aromatic nitrogens is 2. The van der Waals surface area contributed by atoms with Crippen LogP contribution in [0.15, 0.2) is 42.7 Å². The normalized spacial score (nSPS) is 11.0. The van der Waals surface area contributed by atoms with E-state index in [0.29, 0.717) is 18.3 Å². The predicted molar refractivity (Wildman–Crippen MR) is 104 cm³/mol. The van der Waals surface area contributed by atoms with Crippen molar-refractivity contribution >= 4 is 33.3 Å². The number of hydrogen-bond donors (Lipinski definition) is 2. The maximum Gasteiger partial charge on any atom is 0.239 e. The molecular formula is C19H22N4OS. The predicted octanol–water partition coefficient (Wildman–Crippen LogP) is 3.93. The molecule has 0 saturated heterocycles. The molecule has 0 bridgehead atoms. The van der Waals surface area contributed by atoms with Crippen LogP contribution in [-0.2, 0) is 4.79 Å². The Kier molecular flexibility index (Phi) is 5.60. The van der Waals surface area contributed by atoms with E-state index in [4.69, 9.17) is 0 Å². The molecule has 1 aromatic carbocycles. The van der Waals surface area contributed by atoms with E-state index in [-0.39, 0.29) is 12.5 Å². The van der Waals surface area contributed by atoms with Gasteiger partial charge in [-0.3, -0.25) is 4.79 Å². The topological polar surface area (TPSA) is 66.9 Å². The summed E-state index contributed by atoms with van der Waals surface area (Å²) < 4.78 is 0. The summed E-state index contributed by atoms with van der Waals surface area (Å²) in [7, 11) is 0. The van der Waals surface area contributed by atoms with Gasteiger partial charge in [0, 0.05) is 11.4 Å². The Hall–Kier alpha value is -2.47. The van der Waals surface area contributed by atoms with Gasteiger partial charge in [0.15, 0.2) is 0 Å². The molecule has 3 rings (SSSR count). The number of fused-ring (bicyclic) bond motifs is 1. The lowest BCUT2D eigenvalue weighted by Gasteiger charge is -2.08. The molecule has 2 N–H and O–H groups in total. The Labute approximate surface area is 151 Å². The van der Waals surface area contributed by atoms with Crippen molar-refractivity contribution in [3.8, 4) is 10.4 Å². The lowest BCUT2D eigenvalue weighted by Crippen LogP contribution is -2.31. The van der Waals surface area contributed by atoms with Gasteiger partial charge in [-0.1, -0.05) is 44.2 Å². The Bertz CT molecular complexity index is 845. The van der Waals surface area contributed by atoms with Gasteiger partial charge in [0.1, 0.15) is 17.0 Å². The third kappa shape index (κ3) is 4.54. The smallest absolute Gasteiger partial charge is 0.239 e. The number of rotatable bonds is 7. The van der Waals surface area contributed by atoms with Crippen molar-refractivity contribution in [1.29, 1.82) is 0 Å². The highest BCUT2D eigenvalue weighted by Gasteiger charge is 2.11.